The van der Waals surface area contributed by atoms with E-state index in [4.69, 9.17) is 16.3 Å². The van der Waals surface area contributed by atoms with Gasteiger partial charge in [0, 0.05) is 30.0 Å². The van der Waals surface area contributed by atoms with Gasteiger partial charge in [0.25, 0.3) is 5.91 Å². The molecule has 1 amide bonds. The number of amides is 1. The van der Waals surface area contributed by atoms with Crippen LogP contribution < -0.4 is 9.64 Å². The normalized spacial score (nSPS) is 11.2. The number of carbonyl (C=O) groups excluding carboxylic acids is 2. The second kappa shape index (κ2) is 10.5. The zero-order valence-corrected chi connectivity index (χ0v) is 20.9. The van der Waals surface area contributed by atoms with Crippen LogP contribution in [-0.2, 0) is 11.0 Å². The molecule has 192 valence electrons. The number of fused-ring (bicyclic) bond motifs is 1. The Hall–Kier alpha value is -4.42. The van der Waals surface area contributed by atoms with Gasteiger partial charge < -0.3 is 9.64 Å². The molecule has 1 aromatic heterocycles. The van der Waals surface area contributed by atoms with Crippen LogP contribution in [0.25, 0.3) is 22.2 Å². The predicted octanol–water partition coefficient (Wildman–Crippen LogP) is 7.04. The van der Waals surface area contributed by atoms with Gasteiger partial charge in [0.15, 0.2) is 5.75 Å². The van der Waals surface area contributed by atoms with Crippen LogP contribution in [0.1, 0.15) is 34.8 Å². The Kier molecular flexibility index (Phi) is 7.37. The molecule has 0 aliphatic heterocycles. The molecule has 4 aromatic rings. The lowest BCUT2D eigenvalue weighted by molar-refractivity contribution is -0.136. The van der Waals surface area contributed by atoms with Crippen LogP contribution in [-0.4, -0.2) is 23.9 Å². The molecule has 0 atom stereocenters. The quantitative estimate of drug-likeness (QED) is 0.201. The molecule has 0 fully saturated rings. The first-order chi connectivity index (χ1) is 18.0. The smallest absolute Gasteiger partial charge is 0.417 e. The van der Waals surface area contributed by atoms with Crippen LogP contribution in [0.5, 0.6) is 5.75 Å². The molecule has 0 N–H and O–H groups in total. The number of esters is 1. The maximum atomic E-state index is 13.5. The number of para-hydroxylation sites is 2. The minimum Gasteiger partial charge on any atom is -0.424 e. The molecule has 0 radical (unpaired) electrons. The summed E-state index contributed by atoms with van der Waals surface area (Å²) >= 11 is 6.40. The number of ether oxygens (including phenoxy) is 1. The van der Waals surface area contributed by atoms with Crippen LogP contribution in [0.3, 0.4) is 0 Å². The van der Waals surface area contributed by atoms with Crippen LogP contribution in [0, 0.1) is 11.3 Å². The first-order valence-corrected chi connectivity index (χ1v) is 11.7. The highest BCUT2D eigenvalue weighted by molar-refractivity contribution is 6.33. The summed E-state index contributed by atoms with van der Waals surface area (Å²) in [6.45, 7) is 1.65. The van der Waals surface area contributed by atoms with Crippen LogP contribution in [0.15, 0.2) is 66.7 Å². The molecule has 0 aliphatic rings. The van der Waals surface area contributed by atoms with Crippen molar-refractivity contribution in [1.29, 1.82) is 5.26 Å². The summed E-state index contributed by atoms with van der Waals surface area (Å²) in [4.78, 5) is 30.8. The number of halogens is 4. The van der Waals surface area contributed by atoms with E-state index in [0.29, 0.717) is 5.69 Å². The number of alkyl halides is 3. The second-order valence-corrected chi connectivity index (χ2v) is 8.63. The lowest BCUT2D eigenvalue weighted by atomic mass is 9.99. The van der Waals surface area contributed by atoms with E-state index in [1.807, 2.05) is 6.07 Å². The van der Waals surface area contributed by atoms with Gasteiger partial charge in [0.1, 0.15) is 6.07 Å². The van der Waals surface area contributed by atoms with Gasteiger partial charge in [-0.2, -0.15) is 18.4 Å². The zero-order chi connectivity index (χ0) is 27.6. The van der Waals surface area contributed by atoms with Crippen LogP contribution >= 0.6 is 11.6 Å². The zero-order valence-electron chi connectivity index (χ0n) is 20.1. The first-order valence-electron chi connectivity index (χ1n) is 11.3. The summed E-state index contributed by atoms with van der Waals surface area (Å²) in [5.41, 5.74) is -0.275. The summed E-state index contributed by atoms with van der Waals surface area (Å²) in [6.07, 6.45) is -4.48. The standard InChI is InChI=1S/C28H19ClF3N3O3/c1-3-25(36)38-24-10-5-4-9-23(24)35(2)27(37)16-11-12-21(29)19(13-16)26-17(15-33)14-18-20(28(30,31)32)7-6-8-22(18)34-26/h4-14H,3H2,1-2H3. The van der Waals surface area contributed by atoms with Gasteiger partial charge in [-0.15, -0.1) is 0 Å². The van der Waals surface area contributed by atoms with Gasteiger partial charge in [-0.1, -0.05) is 36.7 Å². The number of rotatable bonds is 5. The lowest BCUT2D eigenvalue weighted by Crippen LogP contribution is -2.27. The van der Waals surface area contributed by atoms with E-state index in [1.54, 1.807) is 31.2 Å². The molecule has 4 rings (SSSR count). The minimum absolute atomic E-state index is 0.0189. The van der Waals surface area contributed by atoms with Crippen molar-refractivity contribution in [3.63, 3.8) is 0 Å². The van der Waals surface area contributed by atoms with Crippen molar-refractivity contribution in [1.82, 2.24) is 4.98 Å². The Morgan fingerprint density at radius 1 is 1.08 bits per heavy atom. The molecule has 1 heterocycles. The number of nitrogens with zero attached hydrogens (tertiary/aromatic N) is 3. The topological polar surface area (TPSA) is 83.3 Å². The highest BCUT2D eigenvalue weighted by atomic mass is 35.5. The van der Waals surface area contributed by atoms with Crippen LogP contribution in [0.4, 0.5) is 18.9 Å². The molecule has 0 saturated carbocycles. The maximum absolute atomic E-state index is 13.5. The number of hydrogen-bond donors (Lipinski definition) is 0. The number of hydrogen-bond acceptors (Lipinski definition) is 5. The minimum atomic E-state index is -4.63. The van der Waals surface area contributed by atoms with Crippen molar-refractivity contribution in [2.24, 2.45) is 0 Å². The predicted molar refractivity (Wildman–Crippen MR) is 137 cm³/mol. The summed E-state index contributed by atoms with van der Waals surface area (Å²) < 4.78 is 45.9. The van der Waals surface area contributed by atoms with E-state index in [1.165, 1.54) is 42.3 Å². The van der Waals surface area contributed by atoms with Gasteiger partial charge in [0.05, 0.1) is 33.0 Å². The van der Waals surface area contributed by atoms with E-state index >= 15 is 0 Å². The van der Waals surface area contributed by atoms with Gasteiger partial charge in [-0.25, -0.2) is 4.98 Å². The van der Waals surface area contributed by atoms with Gasteiger partial charge in [-0.05, 0) is 48.5 Å². The Morgan fingerprint density at radius 3 is 2.50 bits per heavy atom. The van der Waals surface area contributed by atoms with Gasteiger partial charge >= 0.3 is 12.1 Å². The fourth-order valence-electron chi connectivity index (χ4n) is 3.89. The third-order valence-corrected chi connectivity index (χ3v) is 6.13. The summed E-state index contributed by atoms with van der Waals surface area (Å²) in [7, 11) is 1.50. The van der Waals surface area contributed by atoms with E-state index in [-0.39, 0.29) is 50.5 Å². The summed E-state index contributed by atoms with van der Waals surface area (Å²) in [5.74, 6) is -0.749. The first kappa shape index (κ1) is 26.6. The highest BCUT2D eigenvalue weighted by Crippen LogP contribution is 2.38. The van der Waals surface area contributed by atoms with Gasteiger partial charge in [-0.3, -0.25) is 9.59 Å². The largest absolute Gasteiger partial charge is 0.424 e. The Morgan fingerprint density at radius 2 is 1.82 bits per heavy atom. The number of nitriles is 1. The molecule has 0 spiro atoms. The average molecular weight is 538 g/mol. The maximum Gasteiger partial charge on any atom is 0.417 e. The van der Waals surface area contributed by atoms with E-state index in [9.17, 15) is 28.0 Å². The molecule has 0 saturated heterocycles. The molecule has 0 aliphatic carbocycles. The van der Waals surface area contributed by atoms with Crippen molar-refractivity contribution < 1.29 is 27.5 Å². The Labute approximate surface area is 220 Å². The van der Waals surface area contributed by atoms with Gasteiger partial charge in [0.2, 0.25) is 0 Å². The van der Waals surface area contributed by atoms with Crippen molar-refractivity contribution in [2.45, 2.75) is 19.5 Å². The molecule has 6 nitrogen and oxygen atoms in total. The van der Waals surface area contributed by atoms with E-state index in [2.05, 4.69) is 4.98 Å². The number of pyridine rings is 1. The lowest BCUT2D eigenvalue weighted by Gasteiger charge is -2.21. The SMILES string of the molecule is CCC(=O)Oc1ccccc1N(C)C(=O)c1ccc(Cl)c(-c2nc3cccc(C(F)(F)F)c3cc2C#N)c1. The van der Waals surface area contributed by atoms with Crippen molar-refractivity contribution in [3.05, 3.63) is 88.4 Å². The van der Waals surface area contributed by atoms with E-state index < -0.39 is 23.6 Å². The molecule has 0 bridgehead atoms. The molecule has 0 unspecified atom stereocenters. The fourth-order valence-corrected chi connectivity index (χ4v) is 4.10. The molecule has 10 heteroatoms. The molecule has 3 aromatic carbocycles. The second-order valence-electron chi connectivity index (χ2n) is 8.22. The molecular formula is C28H19ClF3N3O3. The van der Waals surface area contributed by atoms with Crippen molar-refractivity contribution in [3.8, 4) is 23.1 Å². The molecular weight excluding hydrogens is 519 g/mol. The van der Waals surface area contributed by atoms with Crippen molar-refractivity contribution in [2.75, 3.05) is 11.9 Å². The van der Waals surface area contributed by atoms with Crippen LogP contribution in [0.2, 0.25) is 5.02 Å². The third-order valence-electron chi connectivity index (χ3n) is 5.80. The average Bonchev–Trinajstić information content (AvgIpc) is 2.91. The Bertz CT molecular complexity index is 1610. The monoisotopic (exact) mass is 537 g/mol. The number of carbonyl (C=O) groups is 2. The number of benzene rings is 3. The summed E-state index contributed by atoms with van der Waals surface area (Å²) in [6, 6.07) is 17.4. The van der Waals surface area contributed by atoms with Crippen molar-refractivity contribution >= 4 is 40.1 Å². The molecule has 38 heavy (non-hydrogen) atoms. The third kappa shape index (κ3) is 5.17. The number of anilines is 1. The Balaban J connectivity index is 1.79. The highest BCUT2D eigenvalue weighted by Gasteiger charge is 2.33. The number of aromatic nitrogens is 1. The fraction of sp³-hybridized carbons (Fsp3) is 0.143. The van der Waals surface area contributed by atoms with E-state index in [0.717, 1.165) is 12.1 Å². The summed E-state index contributed by atoms with van der Waals surface area (Å²) in [5, 5.41) is 9.66.